The molecule has 0 aliphatic carbocycles. The smallest absolute Gasteiger partial charge is 0.262 e. The molecule has 0 radical (unpaired) electrons. The number of rotatable bonds is 3. The summed E-state index contributed by atoms with van der Waals surface area (Å²) in [5.74, 6) is 0.709. The van der Waals surface area contributed by atoms with Crippen LogP contribution in [-0.4, -0.2) is 25.0 Å². The number of carbonyl (C=O) groups excluding carboxylic acids is 1. The second kappa shape index (κ2) is 6.52. The number of nitrogens with zero attached hydrogens (tertiary/aromatic N) is 3. The van der Waals surface area contributed by atoms with Gasteiger partial charge in [-0.2, -0.15) is 0 Å². The highest BCUT2D eigenvalue weighted by Crippen LogP contribution is 2.40. The number of aromatic nitrogens is 1. The van der Waals surface area contributed by atoms with Gasteiger partial charge in [0.2, 0.25) is 0 Å². The average Bonchev–Trinajstić information content (AvgIpc) is 2.71. The summed E-state index contributed by atoms with van der Waals surface area (Å²) in [4.78, 5) is 21.7. The van der Waals surface area contributed by atoms with Gasteiger partial charge in [-0.25, -0.2) is 0 Å². The summed E-state index contributed by atoms with van der Waals surface area (Å²) in [5.41, 5.74) is 3.19. The van der Waals surface area contributed by atoms with E-state index in [4.69, 9.17) is 4.74 Å². The largest absolute Gasteiger partial charge is 0.497 e. The van der Waals surface area contributed by atoms with Gasteiger partial charge in [-0.1, -0.05) is 18.2 Å². The first kappa shape index (κ1) is 16.1. The van der Waals surface area contributed by atoms with Crippen LogP contribution in [0.1, 0.15) is 22.2 Å². The van der Waals surface area contributed by atoms with Crippen LogP contribution in [0, 0.1) is 0 Å². The minimum atomic E-state index is -0.327. The Morgan fingerprint density at radius 3 is 2.38 bits per heavy atom. The Morgan fingerprint density at radius 2 is 1.69 bits per heavy atom. The van der Waals surface area contributed by atoms with Crippen LogP contribution in [-0.2, 0) is 0 Å². The molecule has 2 heterocycles. The van der Waals surface area contributed by atoms with Crippen molar-refractivity contribution in [3.8, 4) is 5.75 Å². The highest BCUT2D eigenvalue weighted by molar-refractivity contribution is 6.12. The molecule has 2 aromatic carbocycles. The van der Waals surface area contributed by atoms with E-state index < -0.39 is 0 Å². The lowest BCUT2D eigenvalue weighted by molar-refractivity contribution is 0.0969. The standard InChI is InChI=1S/C21H19N3O2/c1-23-19-9-4-3-7-17(19)21(25)24(15-10-12-16(26-2)13-11-15)20(23)18-8-5-6-14-22-18/h3-14,20H,1-2H3/t20-/m1/s1. The fraction of sp³-hybridized carbons (Fsp3) is 0.143. The molecule has 0 spiro atoms. The second-order valence-corrected chi connectivity index (χ2v) is 6.13. The number of amides is 1. The summed E-state index contributed by atoms with van der Waals surface area (Å²) >= 11 is 0. The number of fused-ring (bicyclic) bond motifs is 1. The van der Waals surface area contributed by atoms with E-state index in [1.807, 2.05) is 73.8 Å². The Labute approximate surface area is 152 Å². The maximum Gasteiger partial charge on any atom is 0.262 e. The molecule has 1 aliphatic heterocycles. The minimum Gasteiger partial charge on any atom is -0.497 e. The Morgan fingerprint density at radius 1 is 0.962 bits per heavy atom. The molecule has 1 aromatic heterocycles. The van der Waals surface area contributed by atoms with Crippen molar-refractivity contribution in [2.75, 3.05) is 24.0 Å². The highest BCUT2D eigenvalue weighted by Gasteiger charge is 2.38. The summed E-state index contributed by atoms with van der Waals surface area (Å²) in [6.07, 6.45) is 1.42. The third-order valence-corrected chi connectivity index (χ3v) is 4.65. The third kappa shape index (κ3) is 2.58. The van der Waals surface area contributed by atoms with Crippen LogP contribution < -0.4 is 14.5 Å². The molecule has 0 bridgehead atoms. The summed E-state index contributed by atoms with van der Waals surface area (Å²) in [6, 6.07) is 20.9. The van der Waals surface area contributed by atoms with Crippen molar-refractivity contribution in [3.05, 3.63) is 84.2 Å². The maximum absolute atomic E-state index is 13.3. The fourth-order valence-electron chi connectivity index (χ4n) is 3.37. The molecule has 1 amide bonds. The quantitative estimate of drug-likeness (QED) is 0.722. The van der Waals surface area contributed by atoms with Gasteiger partial charge in [0.25, 0.3) is 5.91 Å². The molecular weight excluding hydrogens is 326 g/mol. The average molecular weight is 345 g/mol. The van der Waals surface area contributed by atoms with Crippen molar-refractivity contribution in [2.24, 2.45) is 0 Å². The molecule has 0 unspecified atom stereocenters. The van der Waals surface area contributed by atoms with Crippen LogP contribution in [0.3, 0.4) is 0 Å². The van der Waals surface area contributed by atoms with E-state index in [-0.39, 0.29) is 12.1 Å². The molecule has 3 aromatic rings. The van der Waals surface area contributed by atoms with Crippen LogP contribution in [0.25, 0.3) is 0 Å². The number of benzene rings is 2. The van der Waals surface area contributed by atoms with Crippen LogP contribution >= 0.6 is 0 Å². The normalized spacial score (nSPS) is 16.4. The highest BCUT2D eigenvalue weighted by atomic mass is 16.5. The number of carbonyl (C=O) groups is 1. The van der Waals surface area contributed by atoms with E-state index in [0.29, 0.717) is 5.56 Å². The number of methoxy groups -OCH3 is 1. The lowest BCUT2D eigenvalue weighted by Gasteiger charge is -2.43. The molecule has 0 saturated carbocycles. The Kier molecular flexibility index (Phi) is 4.05. The first-order valence-corrected chi connectivity index (χ1v) is 8.41. The van der Waals surface area contributed by atoms with Gasteiger partial charge in [-0.05, 0) is 48.5 Å². The zero-order chi connectivity index (χ0) is 18.1. The van der Waals surface area contributed by atoms with Crippen molar-refractivity contribution in [3.63, 3.8) is 0 Å². The predicted octanol–water partition coefficient (Wildman–Crippen LogP) is 3.89. The van der Waals surface area contributed by atoms with E-state index in [9.17, 15) is 4.79 Å². The number of hydrogen-bond donors (Lipinski definition) is 0. The predicted molar refractivity (Wildman–Crippen MR) is 102 cm³/mol. The monoisotopic (exact) mass is 345 g/mol. The number of pyridine rings is 1. The summed E-state index contributed by atoms with van der Waals surface area (Å²) in [5, 5.41) is 0. The Bertz CT molecular complexity index is 926. The van der Waals surface area contributed by atoms with Crippen LogP contribution in [0.4, 0.5) is 11.4 Å². The topological polar surface area (TPSA) is 45.7 Å². The molecule has 130 valence electrons. The van der Waals surface area contributed by atoms with E-state index in [2.05, 4.69) is 9.88 Å². The van der Waals surface area contributed by atoms with Gasteiger partial charge in [0.15, 0.2) is 6.17 Å². The van der Waals surface area contributed by atoms with Crippen LogP contribution in [0.5, 0.6) is 5.75 Å². The van der Waals surface area contributed by atoms with Gasteiger partial charge in [-0.15, -0.1) is 0 Å². The molecule has 0 saturated heterocycles. The molecule has 5 heteroatoms. The molecule has 26 heavy (non-hydrogen) atoms. The van der Waals surface area contributed by atoms with Gasteiger partial charge in [0.05, 0.1) is 24.1 Å². The van der Waals surface area contributed by atoms with Gasteiger partial charge in [0.1, 0.15) is 5.75 Å². The van der Waals surface area contributed by atoms with Gasteiger partial charge >= 0.3 is 0 Å². The lowest BCUT2D eigenvalue weighted by Crippen LogP contribution is -2.48. The number of para-hydroxylation sites is 1. The van der Waals surface area contributed by atoms with Gasteiger partial charge in [-0.3, -0.25) is 14.7 Å². The van der Waals surface area contributed by atoms with E-state index in [1.165, 1.54) is 0 Å². The molecule has 4 rings (SSSR count). The van der Waals surface area contributed by atoms with Crippen molar-refractivity contribution >= 4 is 17.3 Å². The van der Waals surface area contributed by atoms with Crippen molar-refractivity contribution in [1.29, 1.82) is 0 Å². The van der Waals surface area contributed by atoms with Crippen molar-refractivity contribution in [1.82, 2.24) is 4.98 Å². The summed E-state index contributed by atoms with van der Waals surface area (Å²) in [6.45, 7) is 0. The van der Waals surface area contributed by atoms with Crippen LogP contribution in [0.15, 0.2) is 72.9 Å². The Hall–Kier alpha value is -3.34. The SMILES string of the molecule is COc1ccc(N2C(=O)c3ccccc3N(C)[C@H]2c2ccccn2)cc1. The molecular formula is C21H19N3O2. The van der Waals surface area contributed by atoms with Gasteiger partial charge < -0.3 is 9.64 Å². The second-order valence-electron chi connectivity index (χ2n) is 6.13. The zero-order valence-electron chi connectivity index (χ0n) is 14.7. The first-order valence-electron chi connectivity index (χ1n) is 8.41. The van der Waals surface area contributed by atoms with E-state index >= 15 is 0 Å². The van der Waals surface area contributed by atoms with Crippen LogP contribution in [0.2, 0.25) is 0 Å². The molecule has 0 N–H and O–H groups in total. The van der Waals surface area contributed by atoms with E-state index in [0.717, 1.165) is 22.8 Å². The first-order chi connectivity index (χ1) is 12.7. The number of anilines is 2. The Balaban J connectivity index is 1.88. The number of ether oxygens (including phenoxy) is 1. The zero-order valence-corrected chi connectivity index (χ0v) is 14.7. The maximum atomic E-state index is 13.3. The summed E-state index contributed by atoms with van der Waals surface area (Å²) in [7, 11) is 3.61. The number of hydrogen-bond acceptors (Lipinski definition) is 4. The summed E-state index contributed by atoms with van der Waals surface area (Å²) < 4.78 is 5.25. The van der Waals surface area contributed by atoms with E-state index in [1.54, 1.807) is 18.2 Å². The van der Waals surface area contributed by atoms with Crippen molar-refractivity contribution < 1.29 is 9.53 Å². The molecule has 5 nitrogen and oxygen atoms in total. The minimum absolute atomic E-state index is 0.0421. The molecule has 1 atom stereocenters. The molecule has 0 fully saturated rings. The third-order valence-electron chi connectivity index (χ3n) is 4.65. The van der Waals surface area contributed by atoms with Gasteiger partial charge in [0, 0.05) is 18.9 Å². The van der Waals surface area contributed by atoms with Crippen molar-refractivity contribution in [2.45, 2.75) is 6.17 Å². The lowest BCUT2D eigenvalue weighted by atomic mass is 10.0. The molecule has 1 aliphatic rings. The fourth-order valence-corrected chi connectivity index (χ4v) is 3.37.